The first-order valence-corrected chi connectivity index (χ1v) is 5.95. The smallest absolute Gasteiger partial charge is 0.307 e. The fourth-order valence-corrected chi connectivity index (χ4v) is 2.42. The minimum atomic E-state index is 0.0625. The lowest BCUT2D eigenvalue weighted by molar-refractivity contribution is -0.670. The van der Waals surface area contributed by atoms with Crippen molar-refractivity contribution in [1.82, 2.24) is 9.47 Å². The molecule has 1 aliphatic rings. The van der Waals surface area contributed by atoms with Crippen LogP contribution in [0.3, 0.4) is 0 Å². The van der Waals surface area contributed by atoms with Crippen LogP contribution in [0.4, 0.5) is 4.79 Å². The van der Waals surface area contributed by atoms with Crippen molar-refractivity contribution in [3.63, 3.8) is 0 Å². The zero-order chi connectivity index (χ0) is 11.5. The molecule has 0 aromatic carbocycles. The highest BCUT2D eigenvalue weighted by molar-refractivity contribution is 5.76. The molecule has 88 valence electrons. The van der Waals surface area contributed by atoms with Crippen LogP contribution in [-0.4, -0.2) is 29.1 Å². The van der Waals surface area contributed by atoms with Crippen LogP contribution in [0.1, 0.15) is 25.7 Å². The Bertz CT molecular complexity index is 366. The van der Waals surface area contributed by atoms with Crippen molar-refractivity contribution in [3.05, 3.63) is 18.7 Å². The van der Waals surface area contributed by atoms with Crippen LogP contribution in [0.15, 0.2) is 18.7 Å². The highest BCUT2D eigenvalue weighted by Crippen LogP contribution is 2.25. The van der Waals surface area contributed by atoms with E-state index in [9.17, 15) is 4.79 Å². The summed E-state index contributed by atoms with van der Waals surface area (Å²) in [6.45, 7) is 0.890. The van der Waals surface area contributed by atoms with Crippen molar-refractivity contribution < 1.29 is 9.36 Å². The molecule has 0 aliphatic heterocycles. The third-order valence-corrected chi connectivity index (χ3v) is 3.32. The number of carbonyl (C=O) groups is 1. The average Bonchev–Trinajstić information content (AvgIpc) is 2.88. The van der Waals surface area contributed by atoms with E-state index in [1.807, 2.05) is 29.8 Å². The first-order valence-electron chi connectivity index (χ1n) is 5.95. The Morgan fingerprint density at radius 2 is 2.19 bits per heavy atom. The maximum atomic E-state index is 12.0. The number of amides is 1. The van der Waals surface area contributed by atoms with Crippen molar-refractivity contribution in [2.24, 2.45) is 13.0 Å². The summed E-state index contributed by atoms with van der Waals surface area (Å²) in [6.07, 6.45) is 10.7. The number of aromatic nitrogens is 2. The third-order valence-electron chi connectivity index (χ3n) is 3.32. The average molecular weight is 222 g/mol. The number of aryl methyl sites for hydroxylation is 1. The molecule has 0 unspecified atom stereocenters. The zero-order valence-corrected chi connectivity index (χ0v) is 10.1. The summed E-state index contributed by atoms with van der Waals surface area (Å²) < 4.78 is 3.51. The van der Waals surface area contributed by atoms with E-state index in [-0.39, 0.29) is 6.03 Å². The molecule has 0 atom stereocenters. The van der Waals surface area contributed by atoms with Crippen molar-refractivity contribution in [3.8, 4) is 0 Å². The standard InChI is InChI=1S/C12H20N3O/c1-13-7-8-15(10-13)12(16)14(2)9-11-5-3-4-6-11/h7-8,10-11H,3-6,9H2,1-2H3/q+1. The van der Waals surface area contributed by atoms with E-state index in [1.54, 1.807) is 17.1 Å². The van der Waals surface area contributed by atoms with Gasteiger partial charge in [-0.15, -0.1) is 0 Å². The maximum Gasteiger partial charge on any atom is 0.415 e. The predicted molar refractivity (Wildman–Crippen MR) is 61.0 cm³/mol. The fraction of sp³-hybridized carbons (Fsp3) is 0.667. The monoisotopic (exact) mass is 222 g/mol. The Balaban J connectivity index is 1.93. The van der Waals surface area contributed by atoms with E-state index in [0.717, 1.165) is 6.54 Å². The second-order valence-electron chi connectivity index (χ2n) is 4.80. The van der Waals surface area contributed by atoms with Crippen LogP contribution in [-0.2, 0) is 7.05 Å². The predicted octanol–water partition coefficient (Wildman–Crippen LogP) is 1.40. The number of carbonyl (C=O) groups excluding carboxylic acids is 1. The Morgan fingerprint density at radius 3 is 2.75 bits per heavy atom. The summed E-state index contributed by atoms with van der Waals surface area (Å²) in [6, 6.07) is 0.0625. The van der Waals surface area contributed by atoms with Crippen LogP contribution in [0.25, 0.3) is 0 Å². The van der Waals surface area contributed by atoms with E-state index in [1.165, 1.54) is 25.7 Å². The molecule has 1 aromatic heterocycles. The lowest BCUT2D eigenvalue weighted by atomic mass is 10.1. The van der Waals surface area contributed by atoms with Crippen LogP contribution in [0.5, 0.6) is 0 Å². The van der Waals surface area contributed by atoms with E-state index >= 15 is 0 Å². The lowest BCUT2D eigenvalue weighted by Crippen LogP contribution is -2.35. The molecule has 1 amide bonds. The van der Waals surface area contributed by atoms with E-state index < -0.39 is 0 Å². The number of nitrogens with zero attached hydrogens (tertiary/aromatic N) is 3. The number of hydrogen-bond donors (Lipinski definition) is 0. The summed E-state index contributed by atoms with van der Waals surface area (Å²) in [7, 11) is 3.81. The minimum absolute atomic E-state index is 0.0625. The Labute approximate surface area is 96.5 Å². The van der Waals surface area contributed by atoms with Crippen LogP contribution in [0.2, 0.25) is 0 Å². The number of hydrogen-bond acceptors (Lipinski definition) is 1. The van der Waals surface area contributed by atoms with Gasteiger partial charge in [-0.3, -0.25) is 0 Å². The Morgan fingerprint density at radius 1 is 1.50 bits per heavy atom. The SMILES string of the molecule is CN(CC1CCCC1)C(=O)n1cc[n+](C)c1. The second kappa shape index (κ2) is 4.68. The molecule has 4 nitrogen and oxygen atoms in total. The molecule has 1 aromatic rings. The molecule has 0 radical (unpaired) electrons. The molecular formula is C12H20N3O+. The second-order valence-corrected chi connectivity index (χ2v) is 4.80. The first-order chi connectivity index (χ1) is 7.66. The zero-order valence-electron chi connectivity index (χ0n) is 10.1. The summed E-state index contributed by atoms with van der Waals surface area (Å²) in [5, 5.41) is 0. The minimum Gasteiger partial charge on any atom is -0.307 e. The van der Waals surface area contributed by atoms with E-state index in [4.69, 9.17) is 0 Å². The Kier molecular flexibility index (Phi) is 3.27. The molecule has 0 spiro atoms. The van der Waals surface area contributed by atoms with Crippen molar-refractivity contribution in [2.45, 2.75) is 25.7 Å². The molecule has 1 aliphatic carbocycles. The van der Waals surface area contributed by atoms with Gasteiger partial charge in [0, 0.05) is 13.6 Å². The summed E-state index contributed by atoms with van der Waals surface area (Å²) in [5.41, 5.74) is 0. The van der Waals surface area contributed by atoms with Gasteiger partial charge in [0.15, 0.2) is 0 Å². The van der Waals surface area contributed by atoms with Crippen LogP contribution < -0.4 is 4.57 Å². The largest absolute Gasteiger partial charge is 0.415 e. The number of rotatable bonds is 2. The summed E-state index contributed by atoms with van der Waals surface area (Å²) in [5.74, 6) is 0.707. The quantitative estimate of drug-likeness (QED) is 0.695. The lowest BCUT2D eigenvalue weighted by Gasteiger charge is -2.18. The van der Waals surface area contributed by atoms with Gasteiger partial charge in [0.05, 0.1) is 7.05 Å². The molecule has 1 heterocycles. The molecule has 16 heavy (non-hydrogen) atoms. The molecule has 4 heteroatoms. The van der Waals surface area contributed by atoms with Gasteiger partial charge >= 0.3 is 6.03 Å². The molecule has 0 bridgehead atoms. The highest BCUT2D eigenvalue weighted by Gasteiger charge is 2.22. The normalized spacial score (nSPS) is 16.6. The van der Waals surface area contributed by atoms with Crippen molar-refractivity contribution in [1.29, 1.82) is 0 Å². The first kappa shape index (κ1) is 11.2. The topological polar surface area (TPSA) is 29.1 Å². The van der Waals surface area contributed by atoms with Crippen LogP contribution >= 0.6 is 0 Å². The molecular weight excluding hydrogens is 202 g/mol. The van der Waals surface area contributed by atoms with Gasteiger partial charge in [0.1, 0.15) is 12.4 Å². The highest BCUT2D eigenvalue weighted by atomic mass is 16.2. The van der Waals surface area contributed by atoms with Crippen molar-refractivity contribution >= 4 is 6.03 Å². The van der Waals surface area contributed by atoms with Gasteiger partial charge in [-0.2, -0.15) is 4.57 Å². The molecule has 0 saturated heterocycles. The molecule has 2 rings (SSSR count). The molecule has 1 fully saturated rings. The maximum absolute atomic E-state index is 12.0. The summed E-state index contributed by atoms with van der Waals surface area (Å²) >= 11 is 0. The van der Waals surface area contributed by atoms with Gasteiger partial charge in [-0.25, -0.2) is 9.36 Å². The van der Waals surface area contributed by atoms with Gasteiger partial charge in [0.2, 0.25) is 0 Å². The molecule has 1 saturated carbocycles. The van der Waals surface area contributed by atoms with Gasteiger partial charge in [-0.1, -0.05) is 12.8 Å². The van der Waals surface area contributed by atoms with Gasteiger partial charge < -0.3 is 4.90 Å². The van der Waals surface area contributed by atoms with E-state index in [2.05, 4.69) is 0 Å². The van der Waals surface area contributed by atoms with E-state index in [0.29, 0.717) is 5.92 Å². The van der Waals surface area contributed by atoms with Gasteiger partial charge in [-0.05, 0) is 18.8 Å². The van der Waals surface area contributed by atoms with Crippen LogP contribution in [0, 0.1) is 5.92 Å². The van der Waals surface area contributed by atoms with Gasteiger partial charge in [0.25, 0.3) is 6.33 Å². The third kappa shape index (κ3) is 2.43. The Hall–Kier alpha value is -1.32. The fourth-order valence-electron chi connectivity index (χ4n) is 2.42. The summed E-state index contributed by atoms with van der Waals surface area (Å²) in [4.78, 5) is 13.9. The molecule has 0 N–H and O–H groups in total. The number of imidazole rings is 1. The van der Waals surface area contributed by atoms with Crippen molar-refractivity contribution in [2.75, 3.05) is 13.6 Å².